The van der Waals surface area contributed by atoms with Gasteiger partial charge in [0.1, 0.15) is 0 Å². The van der Waals surface area contributed by atoms with E-state index >= 15 is 0 Å². The van der Waals surface area contributed by atoms with Gasteiger partial charge in [0, 0.05) is 17.1 Å². The van der Waals surface area contributed by atoms with Crippen LogP contribution in [0.3, 0.4) is 0 Å². The maximum atomic E-state index is 12.1. The zero-order valence-corrected chi connectivity index (χ0v) is 13.2. The van der Waals surface area contributed by atoms with Crippen LogP contribution in [0.2, 0.25) is 0 Å². The molecule has 2 saturated carbocycles. The second-order valence-corrected chi connectivity index (χ2v) is 7.41. The molecule has 0 aromatic carbocycles. The summed E-state index contributed by atoms with van der Waals surface area (Å²) in [6, 6.07) is 2.15. The van der Waals surface area contributed by atoms with Gasteiger partial charge < -0.3 is 11.1 Å². The van der Waals surface area contributed by atoms with Gasteiger partial charge in [-0.05, 0) is 50.0 Å². The zero-order valence-electron chi connectivity index (χ0n) is 12.4. The molecular formula is C16H23N3OS. The van der Waals surface area contributed by atoms with Gasteiger partial charge in [-0.1, -0.05) is 6.42 Å². The van der Waals surface area contributed by atoms with Gasteiger partial charge in [0.2, 0.25) is 5.91 Å². The Kier molecular flexibility index (Phi) is 4.38. The molecule has 1 aromatic heterocycles. The highest BCUT2D eigenvalue weighted by atomic mass is 32.2. The molecule has 0 saturated heterocycles. The predicted octanol–water partition coefficient (Wildman–Crippen LogP) is 2.70. The molecule has 1 heterocycles. The molecule has 3 rings (SSSR count). The fourth-order valence-electron chi connectivity index (χ4n) is 3.98. The molecule has 4 unspecified atom stereocenters. The number of thioether (sulfide) groups is 1. The Bertz CT molecular complexity index is 522. The van der Waals surface area contributed by atoms with Gasteiger partial charge in [-0.15, -0.1) is 11.8 Å². The van der Waals surface area contributed by atoms with Crippen LogP contribution in [0, 0.1) is 17.8 Å². The summed E-state index contributed by atoms with van der Waals surface area (Å²) in [6.45, 7) is 2.16. The number of aromatic nitrogens is 1. The van der Waals surface area contributed by atoms with Gasteiger partial charge >= 0.3 is 0 Å². The summed E-state index contributed by atoms with van der Waals surface area (Å²) in [5.74, 6) is 2.97. The molecule has 0 radical (unpaired) electrons. The van der Waals surface area contributed by atoms with E-state index in [0.29, 0.717) is 23.4 Å². The Morgan fingerprint density at radius 3 is 3.05 bits per heavy atom. The molecule has 2 aliphatic carbocycles. The van der Waals surface area contributed by atoms with E-state index < -0.39 is 0 Å². The first-order valence-electron chi connectivity index (χ1n) is 7.75. The molecular weight excluding hydrogens is 282 g/mol. The van der Waals surface area contributed by atoms with Crippen LogP contribution in [-0.4, -0.2) is 22.7 Å². The molecule has 21 heavy (non-hydrogen) atoms. The maximum Gasteiger partial charge on any atom is 0.230 e. The summed E-state index contributed by atoms with van der Waals surface area (Å²) in [7, 11) is 0. The van der Waals surface area contributed by atoms with Crippen LogP contribution in [0.25, 0.3) is 0 Å². The van der Waals surface area contributed by atoms with Crippen molar-refractivity contribution in [3.63, 3.8) is 0 Å². The number of nitrogens with two attached hydrogens (primary N) is 1. The molecule has 3 N–H and O–H groups in total. The topological polar surface area (TPSA) is 68.0 Å². The molecule has 114 valence electrons. The number of fused-ring (bicyclic) bond motifs is 2. The Balaban J connectivity index is 1.47. The van der Waals surface area contributed by atoms with Gasteiger partial charge in [-0.2, -0.15) is 0 Å². The Morgan fingerprint density at radius 2 is 2.38 bits per heavy atom. The average Bonchev–Trinajstić information content (AvgIpc) is 3.09. The summed E-state index contributed by atoms with van der Waals surface area (Å²) in [5, 5.41) is 3.18. The SMILES string of the molecule is CC(NC(=O)CSc1ccncc1N)C1CC2CCC1C2. The molecule has 2 fully saturated rings. The molecule has 2 bridgehead atoms. The molecule has 1 amide bonds. The first kappa shape index (κ1) is 14.7. The van der Waals surface area contributed by atoms with Gasteiger partial charge in [0.25, 0.3) is 0 Å². The number of nitrogens with zero attached hydrogens (tertiary/aromatic N) is 1. The Morgan fingerprint density at radius 1 is 1.52 bits per heavy atom. The number of anilines is 1. The van der Waals surface area contributed by atoms with E-state index in [9.17, 15) is 4.79 Å². The zero-order chi connectivity index (χ0) is 14.8. The van der Waals surface area contributed by atoms with E-state index in [2.05, 4.69) is 17.2 Å². The second kappa shape index (κ2) is 6.26. The average molecular weight is 305 g/mol. The smallest absolute Gasteiger partial charge is 0.230 e. The maximum absolute atomic E-state index is 12.1. The van der Waals surface area contributed by atoms with Gasteiger partial charge in [0.15, 0.2) is 0 Å². The molecule has 0 spiro atoms. The van der Waals surface area contributed by atoms with Crippen molar-refractivity contribution >= 4 is 23.4 Å². The molecule has 5 heteroatoms. The number of amides is 1. The minimum absolute atomic E-state index is 0.103. The second-order valence-electron chi connectivity index (χ2n) is 6.40. The van der Waals surface area contributed by atoms with E-state index in [-0.39, 0.29) is 5.91 Å². The van der Waals surface area contributed by atoms with Crippen LogP contribution in [-0.2, 0) is 4.79 Å². The normalized spacial score (nSPS) is 28.5. The Hall–Kier alpha value is -1.23. The van der Waals surface area contributed by atoms with E-state index in [1.807, 2.05) is 6.07 Å². The first-order valence-corrected chi connectivity index (χ1v) is 8.73. The minimum atomic E-state index is 0.103. The number of carbonyl (C=O) groups is 1. The van der Waals surface area contributed by atoms with Crippen LogP contribution in [0.1, 0.15) is 32.6 Å². The van der Waals surface area contributed by atoms with E-state index in [0.717, 1.165) is 16.7 Å². The lowest BCUT2D eigenvalue weighted by Crippen LogP contribution is -2.40. The van der Waals surface area contributed by atoms with Crippen LogP contribution in [0.15, 0.2) is 23.4 Å². The quantitative estimate of drug-likeness (QED) is 0.821. The molecule has 2 aliphatic rings. The van der Waals surface area contributed by atoms with E-state index in [1.165, 1.54) is 37.4 Å². The third-order valence-corrected chi connectivity index (χ3v) is 6.08. The highest BCUT2D eigenvalue weighted by Crippen LogP contribution is 2.49. The van der Waals surface area contributed by atoms with E-state index in [1.54, 1.807) is 12.4 Å². The van der Waals surface area contributed by atoms with E-state index in [4.69, 9.17) is 5.73 Å². The predicted molar refractivity (Wildman–Crippen MR) is 85.9 cm³/mol. The van der Waals surface area contributed by atoms with Crippen LogP contribution in [0.4, 0.5) is 5.69 Å². The third kappa shape index (κ3) is 3.34. The number of carbonyl (C=O) groups excluding carboxylic acids is 1. The van der Waals surface area contributed by atoms with Gasteiger partial charge in [-0.3, -0.25) is 9.78 Å². The molecule has 0 aliphatic heterocycles. The van der Waals surface area contributed by atoms with Crippen molar-refractivity contribution in [2.24, 2.45) is 17.8 Å². The highest BCUT2D eigenvalue weighted by molar-refractivity contribution is 8.00. The van der Waals surface area contributed by atoms with Crippen molar-refractivity contribution < 1.29 is 4.79 Å². The monoisotopic (exact) mass is 305 g/mol. The first-order chi connectivity index (χ1) is 10.1. The lowest BCUT2D eigenvalue weighted by molar-refractivity contribution is -0.119. The number of pyridine rings is 1. The fourth-order valence-corrected chi connectivity index (χ4v) is 4.72. The van der Waals surface area contributed by atoms with Crippen LogP contribution < -0.4 is 11.1 Å². The standard InChI is InChI=1S/C16H23N3OS/c1-10(13-7-11-2-3-12(13)6-11)19-16(20)9-21-15-4-5-18-8-14(15)17/h4-5,8,10-13H,2-3,6-7,9,17H2,1H3,(H,19,20). The summed E-state index contributed by atoms with van der Waals surface area (Å²) in [6.07, 6.45) is 8.77. The fraction of sp³-hybridized carbons (Fsp3) is 0.625. The van der Waals surface area contributed by atoms with Crippen molar-refractivity contribution in [1.82, 2.24) is 10.3 Å². The molecule has 4 nitrogen and oxygen atoms in total. The van der Waals surface area contributed by atoms with Crippen molar-refractivity contribution in [1.29, 1.82) is 0 Å². The highest BCUT2D eigenvalue weighted by Gasteiger charge is 2.42. The number of rotatable bonds is 5. The summed E-state index contributed by atoms with van der Waals surface area (Å²) in [4.78, 5) is 17.0. The number of nitrogen functional groups attached to an aromatic ring is 1. The number of hydrogen-bond acceptors (Lipinski definition) is 4. The summed E-state index contributed by atoms with van der Waals surface area (Å²) in [5.41, 5.74) is 6.47. The largest absolute Gasteiger partial charge is 0.397 e. The van der Waals surface area contributed by atoms with Gasteiger partial charge in [0.05, 0.1) is 17.6 Å². The lowest BCUT2D eigenvalue weighted by Gasteiger charge is -2.28. The minimum Gasteiger partial charge on any atom is -0.397 e. The lowest BCUT2D eigenvalue weighted by atomic mass is 9.84. The Labute approximate surface area is 130 Å². The van der Waals surface area contributed by atoms with Crippen molar-refractivity contribution in [2.45, 2.75) is 43.5 Å². The number of hydrogen-bond donors (Lipinski definition) is 2. The third-order valence-electron chi connectivity index (χ3n) is 4.99. The van der Waals surface area contributed by atoms with Crippen molar-refractivity contribution in [2.75, 3.05) is 11.5 Å². The van der Waals surface area contributed by atoms with Gasteiger partial charge in [-0.25, -0.2) is 0 Å². The van der Waals surface area contributed by atoms with Crippen molar-refractivity contribution in [3.05, 3.63) is 18.5 Å². The van der Waals surface area contributed by atoms with Crippen molar-refractivity contribution in [3.8, 4) is 0 Å². The van der Waals surface area contributed by atoms with Crippen LogP contribution >= 0.6 is 11.8 Å². The number of nitrogens with one attached hydrogen (secondary N) is 1. The summed E-state index contributed by atoms with van der Waals surface area (Å²) >= 11 is 1.48. The van der Waals surface area contributed by atoms with Crippen LogP contribution in [0.5, 0.6) is 0 Å². The molecule has 1 aromatic rings. The summed E-state index contributed by atoms with van der Waals surface area (Å²) < 4.78 is 0. The molecule has 4 atom stereocenters.